The minimum Gasteiger partial charge on any atom is -0.466 e. The smallest absolute Gasteiger partial charge is 0.127 e. The van der Waals surface area contributed by atoms with Crippen molar-refractivity contribution in [1.82, 2.24) is 5.32 Å². The zero-order valence-electron chi connectivity index (χ0n) is 11.3. The summed E-state index contributed by atoms with van der Waals surface area (Å²) in [5, 5.41) is 3.65. The highest BCUT2D eigenvalue weighted by molar-refractivity contribution is 6.31. The van der Waals surface area contributed by atoms with Crippen molar-refractivity contribution < 1.29 is 8.81 Å². The van der Waals surface area contributed by atoms with Gasteiger partial charge in [0.2, 0.25) is 0 Å². The summed E-state index contributed by atoms with van der Waals surface area (Å²) >= 11 is 6.07. The van der Waals surface area contributed by atoms with E-state index in [2.05, 4.69) is 5.32 Å². The van der Waals surface area contributed by atoms with Gasteiger partial charge in [-0.2, -0.15) is 0 Å². The molecule has 4 heteroatoms. The molecule has 1 aromatic carbocycles. The summed E-state index contributed by atoms with van der Waals surface area (Å²) in [6, 6.07) is 6.71. The van der Waals surface area contributed by atoms with Crippen molar-refractivity contribution in [2.75, 3.05) is 7.05 Å². The van der Waals surface area contributed by atoms with Crippen LogP contribution in [0.25, 0.3) is 0 Å². The SMILES string of the molecule is CNC(Cc1c(F)cccc1Cl)c1cc(C)oc1C. The van der Waals surface area contributed by atoms with E-state index in [4.69, 9.17) is 16.0 Å². The number of nitrogens with one attached hydrogen (secondary N) is 1. The summed E-state index contributed by atoms with van der Waals surface area (Å²) in [5.41, 5.74) is 1.57. The third-order valence-corrected chi connectivity index (χ3v) is 3.63. The first-order valence-electron chi connectivity index (χ1n) is 6.20. The van der Waals surface area contributed by atoms with Gasteiger partial charge < -0.3 is 9.73 Å². The number of furan rings is 1. The van der Waals surface area contributed by atoms with Gasteiger partial charge in [0.05, 0.1) is 0 Å². The standard InChI is InChI=1S/C15H17ClFNO/c1-9-7-11(10(2)19-9)15(18-3)8-12-13(16)5-4-6-14(12)17/h4-7,15,18H,8H2,1-3H3. The summed E-state index contributed by atoms with van der Waals surface area (Å²) in [6.45, 7) is 3.81. The number of hydrogen-bond acceptors (Lipinski definition) is 2. The van der Waals surface area contributed by atoms with Crippen LogP contribution in [0.15, 0.2) is 28.7 Å². The minimum absolute atomic E-state index is 0.0214. The van der Waals surface area contributed by atoms with Crippen LogP contribution in [0, 0.1) is 19.7 Å². The Kier molecular flexibility index (Phi) is 4.27. The van der Waals surface area contributed by atoms with E-state index in [-0.39, 0.29) is 11.9 Å². The van der Waals surface area contributed by atoms with Crippen LogP contribution in [0.3, 0.4) is 0 Å². The maximum absolute atomic E-state index is 13.8. The summed E-state index contributed by atoms with van der Waals surface area (Å²) < 4.78 is 19.4. The van der Waals surface area contributed by atoms with Crippen LogP contribution in [0.1, 0.15) is 28.7 Å². The predicted octanol–water partition coefficient (Wildman–Crippen LogP) is 4.19. The monoisotopic (exact) mass is 281 g/mol. The van der Waals surface area contributed by atoms with Gasteiger partial charge >= 0.3 is 0 Å². The van der Waals surface area contributed by atoms with Gasteiger partial charge in [-0.15, -0.1) is 0 Å². The summed E-state index contributed by atoms with van der Waals surface area (Å²) in [6.07, 6.45) is 0.488. The van der Waals surface area contributed by atoms with Gasteiger partial charge in [0.25, 0.3) is 0 Å². The Bertz CT molecular complexity index is 559. The van der Waals surface area contributed by atoms with Crippen LogP contribution in [0.4, 0.5) is 4.39 Å². The number of rotatable bonds is 4. The average Bonchev–Trinajstić information content (AvgIpc) is 2.68. The number of likely N-dealkylation sites (N-methyl/N-ethyl adjacent to an activating group) is 1. The van der Waals surface area contributed by atoms with E-state index in [1.54, 1.807) is 12.1 Å². The second-order valence-electron chi connectivity index (χ2n) is 4.61. The molecule has 0 spiro atoms. The molecule has 2 aromatic rings. The molecule has 0 aliphatic heterocycles. The van der Waals surface area contributed by atoms with Gasteiger partial charge in [-0.1, -0.05) is 17.7 Å². The molecule has 0 amide bonds. The summed E-state index contributed by atoms with van der Waals surface area (Å²) in [7, 11) is 1.85. The zero-order valence-corrected chi connectivity index (χ0v) is 12.0. The molecule has 2 nitrogen and oxygen atoms in total. The largest absolute Gasteiger partial charge is 0.466 e. The molecule has 0 fully saturated rings. The van der Waals surface area contributed by atoms with E-state index in [9.17, 15) is 4.39 Å². The third kappa shape index (κ3) is 2.99. The molecule has 0 aliphatic carbocycles. The van der Waals surface area contributed by atoms with Crippen molar-refractivity contribution in [2.45, 2.75) is 26.3 Å². The maximum atomic E-state index is 13.8. The molecule has 1 atom stereocenters. The summed E-state index contributed by atoms with van der Waals surface area (Å²) in [5.74, 6) is 1.43. The molecule has 19 heavy (non-hydrogen) atoms. The topological polar surface area (TPSA) is 25.2 Å². The van der Waals surface area contributed by atoms with E-state index < -0.39 is 0 Å². The second kappa shape index (κ2) is 5.76. The molecular weight excluding hydrogens is 265 g/mol. The van der Waals surface area contributed by atoms with Crippen LogP contribution < -0.4 is 5.32 Å². The summed E-state index contributed by atoms with van der Waals surface area (Å²) in [4.78, 5) is 0. The Morgan fingerprint density at radius 3 is 2.63 bits per heavy atom. The van der Waals surface area contributed by atoms with E-state index in [1.807, 2.05) is 27.0 Å². The van der Waals surface area contributed by atoms with Crippen molar-refractivity contribution >= 4 is 11.6 Å². The predicted molar refractivity (Wildman–Crippen MR) is 75.1 cm³/mol. The molecular formula is C15H17ClFNO. The Labute approximate surface area is 117 Å². The number of hydrogen-bond donors (Lipinski definition) is 1. The van der Waals surface area contributed by atoms with Gasteiger partial charge in [0, 0.05) is 22.2 Å². The van der Waals surface area contributed by atoms with Crippen LogP contribution in [0.2, 0.25) is 5.02 Å². The fraction of sp³-hybridized carbons (Fsp3) is 0.333. The molecule has 0 saturated heterocycles. The molecule has 1 heterocycles. The quantitative estimate of drug-likeness (QED) is 0.909. The molecule has 1 aromatic heterocycles. The molecule has 0 aliphatic rings. The number of halogens is 2. The van der Waals surface area contributed by atoms with Gasteiger partial charge in [-0.25, -0.2) is 4.39 Å². The minimum atomic E-state index is -0.273. The van der Waals surface area contributed by atoms with E-state index >= 15 is 0 Å². The first-order chi connectivity index (χ1) is 9.02. The lowest BCUT2D eigenvalue weighted by atomic mass is 9.99. The molecule has 2 rings (SSSR count). The lowest BCUT2D eigenvalue weighted by Gasteiger charge is -2.17. The Morgan fingerprint density at radius 2 is 2.11 bits per heavy atom. The lowest BCUT2D eigenvalue weighted by molar-refractivity contribution is 0.488. The van der Waals surface area contributed by atoms with Crippen molar-refractivity contribution in [1.29, 1.82) is 0 Å². The van der Waals surface area contributed by atoms with E-state index in [1.165, 1.54) is 6.07 Å². The molecule has 0 saturated carbocycles. The number of benzene rings is 1. The molecule has 0 radical (unpaired) electrons. The van der Waals surface area contributed by atoms with Gasteiger partial charge in [-0.05, 0) is 45.5 Å². The highest BCUT2D eigenvalue weighted by Crippen LogP contribution is 2.28. The van der Waals surface area contributed by atoms with Gasteiger partial charge in [0.15, 0.2) is 0 Å². The highest BCUT2D eigenvalue weighted by atomic mass is 35.5. The van der Waals surface area contributed by atoms with E-state index in [0.29, 0.717) is 17.0 Å². The molecule has 102 valence electrons. The first-order valence-corrected chi connectivity index (χ1v) is 6.57. The second-order valence-corrected chi connectivity index (χ2v) is 5.02. The van der Waals surface area contributed by atoms with Crippen LogP contribution in [0.5, 0.6) is 0 Å². The lowest BCUT2D eigenvalue weighted by Crippen LogP contribution is -2.19. The fourth-order valence-electron chi connectivity index (χ4n) is 2.30. The van der Waals surface area contributed by atoms with Crippen LogP contribution >= 0.6 is 11.6 Å². The Morgan fingerprint density at radius 1 is 1.37 bits per heavy atom. The normalized spacial score (nSPS) is 12.7. The maximum Gasteiger partial charge on any atom is 0.127 e. The third-order valence-electron chi connectivity index (χ3n) is 3.27. The molecule has 0 bridgehead atoms. The van der Waals surface area contributed by atoms with Gasteiger partial charge in [-0.3, -0.25) is 0 Å². The van der Waals surface area contributed by atoms with Crippen LogP contribution in [-0.4, -0.2) is 7.05 Å². The highest BCUT2D eigenvalue weighted by Gasteiger charge is 2.19. The van der Waals surface area contributed by atoms with Crippen LogP contribution in [-0.2, 0) is 6.42 Å². The zero-order chi connectivity index (χ0) is 14.0. The number of aryl methyl sites for hydroxylation is 2. The van der Waals surface area contributed by atoms with Gasteiger partial charge in [0.1, 0.15) is 17.3 Å². The Balaban J connectivity index is 2.32. The average molecular weight is 282 g/mol. The van der Waals surface area contributed by atoms with Crippen molar-refractivity contribution in [3.8, 4) is 0 Å². The molecule has 1 N–H and O–H groups in total. The molecule has 1 unspecified atom stereocenters. The van der Waals surface area contributed by atoms with Crippen molar-refractivity contribution in [3.05, 3.63) is 57.8 Å². The first kappa shape index (κ1) is 14.1. The fourth-order valence-corrected chi connectivity index (χ4v) is 2.54. The van der Waals surface area contributed by atoms with E-state index in [0.717, 1.165) is 17.1 Å². The van der Waals surface area contributed by atoms with Crippen molar-refractivity contribution in [3.63, 3.8) is 0 Å². The van der Waals surface area contributed by atoms with Crippen molar-refractivity contribution in [2.24, 2.45) is 0 Å². The Hall–Kier alpha value is -1.32.